The molecule has 3 rings (SSSR count). The van der Waals surface area contributed by atoms with Gasteiger partial charge < -0.3 is 9.47 Å². The summed E-state index contributed by atoms with van der Waals surface area (Å²) in [7, 11) is 0. The lowest BCUT2D eigenvalue weighted by Crippen LogP contribution is -2.35. The molecule has 1 aromatic rings. The molecule has 0 aromatic carbocycles. The monoisotopic (exact) mass is 222 g/mol. The molecule has 0 bridgehead atoms. The lowest BCUT2D eigenvalue weighted by molar-refractivity contribution is -0.181. The summed E-state index contributed by atoms with van der Waals surface area (Å²) < 4.78 is 13.5. The standard InChI is InChI=1S/C12H18N2O2/c1-10-8-13-14(9-10)11-2-4-12(5-3-11)15-6-7-16-12/h8-9,11H,2-7H2,1H3. The van der Waals surface area contributed by atoms with Crippen molar-refractivity contribution in [1.82, 2.24) is 9.78 Å². The van der Waals surface area contributed by atoms with Gasteiger partial charge in [0.25, 0.3) is 0 Å². The third-order valence-electron chi connectivity index (χ3n) is 3.64. The first kappa shape index (κ1) is 10.3. The van der Waals surface area contributed by atoms with Crippen molar-refractivity contribution in [3.63, 3.8) is 0 Å². The van der Waals surface area contributed by atoms with Crippen LogP contribution in [0.1, 0.15) is 37.3 Å². The van der Waals surface area contributed by atoms with Crippen molar-refractivity contribution in [2.24, 2.45) is 0 Å². The minimum atomic E-state index is -0.251. The van der Waals surface area contributed by atoms with Crippen molar-refractivity contribution in [3.05, 3.63) is 18.0 Å². The zero-order valence-electron chi connectivity index (χ0n) is 9.69. The van der Waals surface area contributed by atoms with Crippen LogP contribution in [0.25, 0.3) is 0 Å². The summed E-state index contributed by atoms with van der Waals surface area (Å²) in [5, 5.41) is 4.39. The van der Waals surface area contributed by atoms with Crippen LogP contribution in [0.15, 0.2) is 12.4 Å². The van der Waals surface area contributed by atoms with Gasteiger partial charge in [0.1, 0.15) is 0 Å². The molecule has 0 N–H and O–H groups in total. The molecule has 0 unspecified atom stereocenters. The predicted molar refractivity (Wildman–Crippen MR) is 59.1 cm³/mol. The fourth-order valence-electron chi connectivity index (χ4n) is 2.73. The summed E-state index contributed by atoms with van der Waals surface area (Å²) in [6.45, 7) is 3.59. The van der Waals surface area contributed by atoms with Crippen molar-refractivity contribution in [3.8, 4) is 0 Å². The van der Waals surface area contributed by atoms with E-state index in [1.54, 1.807) is 0 Å². The predicted octanol–water partition coefficient (Wildman–Crippen LogP) is 2.05. The van der Waals surface area contributed by atoms with Gasteiger partial charge in [0.05, 0.1) is 25.5 Å². The molecule has 2 aliphatic rings. The van der Waals surface area contributed by atoms with Crippen molar-refractivity contribution >= 4 is 0 Å². The van der Waals surface area contributed by atoms with E-state index < -0.39 is 0 Å². The Balaban J connectivity index is 1.66. The molecule has 1 aromatic heterocycles. The van der Waals surface area contributed by atoms with E-state index in [2.05, 4.69) is 22.9 Å². The number of aryl methyl sites for hydroxylation is 1. The smallest absolute Gasteiger partial charge is 0.168 e. The van der Waals surface area contributed by atoms with E-state index in [1.165, 1.54) is 5.56 Å². The Hall–Kier alpha value is -0.870. The summed E-state index contributed by atoms with van der Waals surface area (Å²) in [6.07, 6.45) is 8.24. The molecule has 1 aliphatic heterocycles. The van der Waals surface area contributed by atoms with Crippen LogP contribution in [0, 0.1) is 6.92 Å². The average Bonchev–Trinajstić information content (AvgIpc) is 2.90. The van der Waals surface area contributed by atoms with Gasteiger partial charge >= 0.3 is 0 Å². The van der Waals surface area contributed by atoms with E-state index in [1.807, 2.05) is 6.20 Å². The SMILES string of the molecule is Cc1cnn(C2CCC3(CC2)OCCO3)c1. The molecular weight excluding hydrogens is 204 g/mol. The fourth-order valence-corrected chi connectivity index (χ4v) is 2.73. The third-order valence-corrected chi connectivity index (χ3v) is 3.64. The highest BCUT2D eigenvalue weighted by molar-refractivity contribution is 5.01. The van der Waals surface area contributed by atoms with Crippen LogP contribution in [0.5, 0.6) is 0 Å². The lowest BCUT2D eigenvalue weighted by Gasteiger charge is -2.35. The average molecular weight is 222 g/mol. The highest BCUT2D eigenvalue weighted by Crippen LogP contribution is 2.39. The zero-order valence-corrected chi connectivity index (χ0v) is 9.69. The van der Waals surface area contributed by atoms with Crippen molar-refractivity contribution in [1.29, 1.82) is 0 Å². The number of aromatic nitrogens is 2. The Morgan fingerprint density at radius 2 is 2.00 bits per heavy atom. The van der Waals surface area contributed by atoms with Gasteiger partial charge in [0, 0.05) is 19.0 Å². The molecule has 88 valence electrons. The number of hydrogen-bond donors (Lipinski definition) is 0. The maximum absolute atomic E-state index is 5.72. The first-order chi connectivity index (χ1) is 7.77. The van der Waals surface area contributed by atoms with E-state index >= 15 is 0 Å². The van der Waals surface area contributed by atoms with Gasteiger partial charge in [-0.1, -0.05) is 0 Å². The largest absolute Gasteiger partial charge is 0.348 e. The van der Waals surface area contributed by atoms with Gasteiger partial charge in [-0.3, -0.25) is 4.68 Å². The Labute approximate surface area is 95.5 Å². The quantitative estimate of drug-likeness (QED) is 0.729. The highest BCUT2D eigenvalue weighted by Gasteiger charge is 2.40. The fraction of sp³-hybridized carbons (Fsp3) is 0.750. The molecule has 1 saturated heterocycles. The lowest BCUT2D eigenvalue weighted by atomic mass is 9.90. The van der Waals surface area contributed by atoms with E-state index in [4.69, 9.17) is 9.47 Å². The van der Waals surface area contributed by atoms with E-state index in [0.29, 0.717) is 6.04 Å². The third kappa shape index (κ3) is 1.76. The molecular formula is C12H18N2O2. The van der Waals surface area contributed by atoms with Crippen LogP contribution in [0.3, 0.4) is 0 Å². The zero-order chi connectivity index (χ0) is 11.0. The minimum absolute atomic E-state index is 0.251. The Morgan fingerprint density at radius 1 is 1.31 bits per heavy atom. The first-order valence-electron chi connectivity index (χ1n) is 6.06. The summed E-state index contributed by atoms with van der Waals surface area (Å²) in [5.74, 6) is -0.251. The van der Waals surface area contributed by atoms with Gasteiger partial charge in [-0.05, 0) is 25.3 Å². The van der Waals surface area contributed by atoms with Crippen molar-refractivity contribution in [2.75, 3.05) is 13.2 Å². The molecule has 16 heavy (non-hydrogen) atoms. The van der Waals surface area contributed by atoms with Gasteiger partial charge in [0.2, 0.25) is 0 Å². The summed E-state index contributed by atoms with van der Waals surface area (Å²) in [4.78, 5) is 0. The molecule has 0 radical (unpaired) electrons. The molecule has 4 heteroatoms. The Kier molecular flexibility index (Phi) is 2.48. The minimum Gasteiger partial charge on any atom is -0.348 e. The van der Waals surface area contributed by atoms with Gasteiger partial charge in [0.15, 0.2) is 5.79 Å². The van der Waals surface area contributed by atoms with Crippen LogP contribution in [-0.2, 0) is 9.47 Å². The molecule has 4 nitrogen and oxygen atoms in total. The molecule has 1 spiro atoms. The second-order valence-corrected chi connectivity index (χ2v) is 4.84. The van der Waals surface area contributed by atoms with E-state index in [-0.39, 0.29) is 5.79 Å². The topological polar surface area (TPSA) is 36.3 Å². The maximum atomic E-state index is 5.72. The van der Waals surface area contributed by atoms with Gasteiger partial charge in [-0.15, -0.1) is 0 Å². The number of rotatable bonds is 1. The second-order valence-electron chi connectivity index (χ2n) is 4.84. The summed E-state index contributed by atoms with van der Waals surface area (Å²) >= 11 is 0. The normalized spacial score (nSPS) is 25.3. The second kappa shape index (κ2) is 3.86. The number of ether oxygens (including phenoxy) is 2. The summed E-state index contributed by atoms with van der Waals surface area (Å²) in [6, 6.07) is 0.520. The maximum Gasteiger partial charge on any atom is 0.168 e. The van der Waals surface area contributed by atoms with Gasteiger partial charge in [-0.2, -0.15) is 5.10 Å². The van der Waals surface area contributed by atoms with E-state index in [9.17, 15) is 0 Å². The number of nitrogens with zero attached hydrogens (tertiary/aromatic N) is 2. The molecule has 1 aliphatic carbocycles. The highest BCUT2D eigenvalue weighted by atomic mass is 16.7. The number of hydrogen-bond acceptors (Lipinski definition) is 3. The van der Waals surface area contributed by atoms with Crippen molar-refractivity contribution < 1.29 is 9.47 Å². The van der Waals surface area contributed by atoms with Crippen LogP contribution in [-0.4, -0.2) is 28.8 Å². The molecule has 2 fully saturated rings. The van der Waals surface area contributed by atoms with Crippen LogP contribution in [0.4, 0.5) is 0 Å². The van der Waals surface area contributed by atoms with E-state index in [0.717, 1.165) is 38.9 Å². The van der Waals surface area contributed by atoms with Crippen molar-refractivity contribution in [2.45, 2.75) is 44.4 Å². The van der Waals surface area contributed by atoms with Gasteiger partial charge in [-0.25, -0.2) is 0 Å². The molecule has 2 heterocycles. The Morgan fingerprint density at radius 3 is 2.56 bits per heavy atom. The molecule has 0 amide bonds. The van der Waals surface area contributed by atoms with Crippen LogP contribution in [0.2, 0.25) is 0 Å². The summed E-state index contributed by atoms with van der Waals surface area (Å²) in [5.41, 5.74) is 1.23. The Bertz CT molecular complexity index is 359. The molecule has 1 saturated carbocycles. The molecule has 0 atom stereocenters. The first-order valence-corrected chi connectivity index (χ1v) is 6.06. The van der Waals surface area contributed by atoms with Crippen LogP contribution >= 0.6 is 0 Å². The van der Waals surface area contributed by atoms with Crippen LogP contribution < -0.4 is 0 Å².